The van der Waals surface area contributed by atoms with Gasteiger partial charge in [-0.1, -0.05) is 12.1 Å². The van der Waals surface area contributed by atoms with Crippen molar-refractivity contribution in [2.45, 2.75) is 44.7 Å². The van der Waals surface area contributed by atoms with Gasteiger partial charge in [-0.05, 0) is 50.6 Å². The van der Waals surface area contributed by atoms with Gasteiger partial charge in [0.1, 0.15) is 0 Å². The second-order valence-electron chi connectivity index (χ2n) is 7.34. The van der Waals surface area contributed by atoms with Crippen molar-refractivity contribution < 1.29 is 31.1 Å². The van der Waals surface area contributed by atoms with Crippen LogP contribution in [0.4, 0.5) is 31.1 Å². The van der Waals surface area contributed by atoms with Crippen LogP contribution in [0.5, 0.6) is 0 Å². The minimum atomic E-state index is -4.77. The van der Waals surface area contributed by atoms with Crippen molar-refractivity contribution in [3.8, 4) is 0 Å². The third-order valence-corrected chi connectivity index (χ3v) is 3.75. The molecule has 1 aromatic heterocycles. The van der Waals surface area contributed by atoms with Crippen molar-refractivity contribution >= 4 is 6.03 Å². The maximum atomic E-state index is 13.4. The highest BCUT2D eigenvalue weighted by Gasteiger charge is 2.37. The Hall–Kier alpha value is -2.78. The lowest BCUT2D eigenvalue weighted by Crippen LogP contribution is -2.47. The number of aromatic nitrogens is 1. The molecule has 1 unspecified atom stereocenters. The monoisotopic (exact) mass is 419 g/mol. The summed E-state index contributed by atoms with van der Waals surface area (Å²) < 4.78 is 78.8. The Labute approximate surface area is 163 Å². The van der Waals surface area contributed by atoms with E-state index in [1.807, 2.05) is 0 Å². The van der Waals surface area contributed by atoms with Gasteiger partial charge >= 0.3 is 18.4 Å². The Balaban J connectivity index is 2.52. The molecular weight excluding hydrogens is 400 g/mol. The second kappa shape index (κ2) is 7.92. The number of carbonyl (C=O) groups excluding carboxylic acids is 1. The smallest absolute Gasteiger partial charge is 0.334 e. The van der Waals surface area contributed by atoms with Gasteiger partial charge in [-0.2, -0.15) is 26.3 Å². The zero-order valence-corrected chi connectivity index (χ0v) is 15.7. The summed E-state index contributed by atoms with van der Waals surface area (Å²) in [5, 5.41) is 4.93. The number of alkyl halides is 6. The molecule has 2 N–H and O–H groups in total. The van der Waals surface area contributed by atoms with Gasteiger partial charge in [0.05, 0.1) is 22.9 Å². The number of amides is 2. The van der Waals surface area contributed by atoms with E-state index in [0.29, 0.717) is 0 Å². The molecule has 0 aliphatic rings. The number of carbonyl (C=O) groups is 1. The van der Waals surface area contributed by atoms with E-state index in [1.54, 1.807) is 20.8 Å². The summed E-state index contributed by atoms with van der Waals surface area (Å²) in [5.74, 6) is 0. The lowest BCUT2D eigenvalue weighted by atomic mass is 9.97. The van der Waals surface area contributed by atoms with Gasteiger partial charge in [0, 0.05) is 11.7 Å². The Kier molecular flexibility index (Phi) is 6.15. The van der Waals surface area contributed by atoms with Gasteiger partial charge in [0.15, 0.2) is 0 Å². The zero-order chi connectivity index (χ0) is 22.0. The number of benzene rings is 1. The van der Waals surface area contributed by atoms with Crippen LogP contribution in [0.3, 0.4) is 0 Å². The fourth-order valence-electron chi connectivity index (χ4n) is 2.57. The zero-order valence-electron chi connectivity index (χ0n) is 15.7. The fraction of sp³-hybridized carbons (Fsp3) is 0.368. The van der Waals surface area contributed by atoms with Crippen LogP contribution in [0.15, 0.2) is 42.6 Å². The molecule has 0 bridgehead atoms. The molecule has 2 aromatic rings. The molecule has 0 fully saturated rings. The highest BCUT2D eigenvalue weighted by Crippen LogP contribution is 2.36. The van der Waals surface area contributed by atoms with E-state index >= 15 is 0 Å². The Morgan fingerprint density at radius 3 is 2.00 bits per heavy atom. The summed E-state index contributed by atoms with van der Waals surface area (Å²) in [7, 11) is 0. The first-order valence-electron chi connectivity index (χ1n) is 8.46. The van der Waals surface area contributed by atoms with E-state index in [2.05, 4.69) is 15.6 Å². The molecule has 0 radical (unpaired) electrons. The van der Waals surface area contributed by atoms with E-state index in [-0.39, 0.29) is 5.56 Å². The number of pyridine rings is 1. The summed E-state index contributed by atoms with van der Waals surface area (Å²) in [4.78, 5) is 16.0. The molecule has 2 amide bonds. The molecule has 10 heteroatoms. The first-order valence-corrected chi connectivity index (χ1v) is 8.46. The topological polar surface area (TPSA) is 54.0 Å². The van der Waals surface area contributed by atoms with Crippen LogP contribution in [0.1, 0.15) is 49.2 Å². The SMILES string of the molecule is CC(C)(C)NC(=O)NC(c1ccc(C(F)(F)F)cc1)c1ncccc1C(F)(F)F. The quantitative estimate of drug-likeness (QED) is 0.663. The lowest BCUT2D eigenvalue weighted by Gasteiger charge is -2.26. The van der Waals surface area contributed by atoms with Crippen molar-refractivity contribution in [2.24, 2.45) is 0 Å². The highest BCUT2D eigenvalue weighted by molar-refractivity contribution is 5.75. The number of urea groups is 1. The predicted molar refractivity (Wildman–Crippen MR) is 93.9 cm³/mol. The first kappa shape index (κ1) is 22.5. The number of nitrogens with one attached hydrogen (secondary N) is 2. The maximum absolute atomic E-state index is 13.4. The highest BCUT2D eigenvalue weighted by atomic mass is 19.4. The Bertz CT molecular complexity index is 854. The summed E-state index contributed by atoms with van der Waals surface area (Å²) in [6.07, 6.45) is -8.26. The molecule has 1 atom stereocenters. The van der Waals surface area contributed by atoms with Crippen molar-refractivity contribution in [3.63, 3.8) is 0 Å². The molecule has 0 aliphatic heterocycles. The first-order chi connectivity index (χ1) is 13.2. The number of hydrogen-bond donors (Lipinski definition) is 2. The van der Waals surface area contributed by atoms with Crippen LogP contribution in [0, 0.1) is 0 Å². The molecule has 158 valence electrons. The van der Waals surface area contributed by atoms with E-state index in [1.165, 1.54) is 0 Å². The standard InChI is InChI=1S/C19H19F6N3O/c1-17(2,3)28-16(29)27-14(11-6-8-12(9-7-11)18(20,21)22)15-13(19(23,24)25)5-4-10-26-15/h4-10,14H,1-3H3,(H2,27,28,29). The molecule has 29 heavy (non-hydrogen) atoms. The molecule has 4 nitrogen and oxygen atoms in total. The third-order valence-electron chi connectivity index (χ3n) is 3.75. The molecule has 0 aliphatic carbocycles. The van der Waals surface area contributed by atoms with Gasteiger partial charge in [0.2, 0.25) is 0 Å². The van der Waals surface area contributed by atoms with Crippen molar-refractivity contribution in [3.05, 3.63) is 65.0 Å². The van der Waals surface area contributed by atoms with Crippen LogP contribution in [0.25, 0.3) is 0 Å². The average molecular weight is 419 g/mol. The van der Waals surface area contributed by atoms with Gasteiger partial charge < -0.3 is 10.6 Å². The van der Waals surface area contributed by atoms with Crippen LogP contribution >= 0.6 is 0 Å². The van der Waals surface area contributed by atoms with Gasteiger partial charge in [-0.25, -0.2) is 4.79 Å². The number of rotatable bonds is 3. The molecule has 0 saturated carbocycles. The van der Waals surface area contributed by atoms with Gasteiger partial charge in [-0.15, -0.1) is 0 Å². The normalized spacial score (nSPS) is 13.7. The molecule has 2 rings (SSSR count). The molecule has 0 saturated heterocycles. The van der Waals surface area contributed by atoms with E-state index < -0.39 is 46.8 Å². The average Bonchev–Trinajstić information content (AvgIpc) is 2.57. The van der Waals surface area contributed by atoms with Gasteiger partial charge in [-0.3, -0.25) is 4.98 Å². The largest absolute Gasteiger partial charge is 0.418 e. The summed E-state index contributed by atoms with van der Waals surface area (Å²) in [6, 6.07) is 3.18. The Morgan fingerprint density at radius 1 is 0.931 bits per heavy atom. The summed E-state index contributed by atoms with van der Waals surface area (Å²) >= 11 is 0. The maximum Gasteiger partial charge on any atom is 0.418 e. The minimum absolute atomic E-state index is 0.0197. The molecule has 1 heterocycles. The predicted octanol–water partition coefficient (Wildman–Crippen LogP) is 5.31. The van der Waals surface area contributed by atoms with Crippen molar-refractivity contribution in [1.29, 1.82) is 0 Å². The second-order valence-corrected chi connectivity index (χ2v) is 7.34. The summed E-state index contributed by atoms with van der Waals surface area (Å²) in [5.41, 5.74) is -3.25. The van der Waals surface area contributed by atoms with E-state index in [0.717, 1.165) is 42.6 Å². The van der Waals surface area contributed by atoms with E-state index in [4.69, 9.17) is 0 Å². The van der Waals surface area contributed by atoms with Crippen LogP contribution < -0.4 is 10.6 Å². The van der Waals surface area contributed by atoms with Gasteiger partial charge in [0.25, 0.3) is 0 Å². The van der Waals surface area contributed by atoms with Crippen molar-refractivity contribution in [2.75, 3.05) is 0 Å². The van der Waals surface area contributed by atoms with E-state index in [9.17, 15) is 31.1 Å². The fourth-order valence-corrected chi connectivity index (χ4v) is 2.57. The molecule has 1 aromatic carbocycles. The Morgan fingerprint density at radius 2 is 1.52 bits per heavy atom. The molecular formula is C19H19F6N3O. The third kappa shape index (κ3) is 6.10. The number of nitrogens with zero attached hydrogens (tertiary/aromatic N) is 1. The van der Waals surface area contributed by atoms with Crippen LogP contribution in [-0.4, -0.2) is 16.6 Å². The van der Waals surface area contributed by atoms with Crippen molar-refractivity contribution in [1.82, 2.24) is 15.6 Å². The van der Waals surface area contributed by atoms with Crippen LogP contribution in [-0.2, 0) is 12.4 Å². The number of hydrogen-bond acceptors (Lipinski definition) is 2. The minimum Gasteiger partial charge on any atom is -0.334 e. The summed E-state index contributed by atoms with van der Waals surface area (Å²) in [6.45, 7) is 5.00. The van der Waals surface area contributed by atoms with Crippen LogP contribution in [0.2, 0.25) is 0 Å². The lowest BCUT2D eigenvalue weighted by molar-refractivity contribution is -0.139. The number of halogens is 6. The molecule has 0 spiro atoms.